The number of halogens is 4. The number of hydrogen-bond acceptors (Lipinski definition) is 7. The third-order valence-corrected chi connectivity index (χ3v) is 14.9. The Kier molecular flexibility index (Phi) is 13.2. The van der Waals surface area contributed by atoms with Crippen molar-refractivity contribution in [3.63, 3.8) is 0 Å². The number of amides is 5. The first-order chi connectivity index (χ1) is 31.5. The Hall–Kier alpha value is -5.68. The molecule has 66 heavy (non-hydrogen) atoms. The van der Waals surface area contributed by atoms with Crippen molar-refractivity contribution in [1.82, 2.24) is 20.9 Å². The fourth-order valence-electron chi connectivity index (χ4n) is 10.8. The highest BCUT2D eigenvalue weighted by Gasteiger charge is 2.69. The Morgan fingerprint density at radius 2 is 1.70 bits per heavy atom. The quantitative estimate of drug-likeness (QED) is 0.0815. The second-order valence-corrected chi connectivity index (χ2v) is 19.8. The van der Waals surface area contributed by atoms with E-state index in [1.807, 2.05) is 12.1 Å². The summed E-state index contributed by atoms with van der Waals surface area (Å²) in [7, 11) is 0. The molecule has 2 saturated heterocycles. The van der Waals surface area contributed by atoms with Gasteiger partial charge in [-0.05, 0) is 128 Å². The number of nitriles is 1. The van der Waals surface area contributed by atoms with Crippen LogP contribution in [0.3, 0.4) is 0 Å². The Balaban J connectivity index is 0.934. The zero-order valence-corrected chi connectivity index (χ0v) is 38.6. The number of nitrogens with zero attached hydrogens (tertiary/aromatic N) is 2. The maximum Gasteiger partial charge on any atom is 0.255 e. The van der Waals surface area contributed by atoms with Gasteiger partial charge in [0.15, 0.2) is 0 Å². The molecule has 0 bridgehead atoms. The van der Waals surface area contributed by atoms with E-state index in [0.717, 1.165) is 36.5 Å². The number of carbonyl (C=O) groups excluding carboxylic acids is 5. The Morgan fingerprint density at radius 1 is 0.939 bits per heavy atom. The van der Waals surface area contributed by atoms with Gasteiger partial charge in [-0.3, -0.25) is 34.6 Å². The maximum atomic E-state index is 16.3. The predicted octanol–water partition coefficient (Wildman–Crippen LogP) is 8.98. The van der Waals surface area contributed by atoms with E-state index in [4.69, 9.17) is 23.2 Å². The Bertz CT molecular complexity index is 2680. The van der Waals surface area contributed by atoms with Crippen LogP contribution in [0.25, 0.3) is 0 Å². The van der Waals surface area contributed by atoms with Gasteiger partial charge in [-0.25, -0.2) is 8.78 Å². The highest BCUT2D eigenvalue weighted by atomic mass is 35.5. The number of aryl methyl sites for hydroxylation is 2. The van der Waals surface area contributed by atoms with Crippen LogP contribution in [0, 0.1) is 35.3 Å². The van der Waals surface area contributed by atoms with Gasteiger partial charge >= 0.3 is 0 Å². The van der Waals surface area contributed by atoms with E-state index >= 15 is 8.78 Å². The molecular formula is C51H52Cl2F2N6O5. The Morgan fingerprint density at radius 3 is 2.41 bits per heavy atom. The van der Waals surface area contributed by atoms with Crippen molar-refractivity contribution in [2.45, 2.75) is 120 Å². The molecule has 11 nitrogen and oxygen atoms in total. The second kappa shape index (κ2) is 18.5. The zero-order chi connectivity index (χ0) is 47.1. The number of benzene rings is 4. The van der Waals surface area contributed by atoms with Crippen LogP contribution < -0.4 is 21.3 Å². The number of anilines is 1. The lowest BCUT2D eigenvalue weighted by Crippen LogP contribution is -2.58. The molecule has 4 N–H and O–H groups in total. The first-order valence-electron chi connectivity index (χ1n) is 22.5. The molecule has 1 spiro atoms. The van der Waals surface area contributed by atoms with Crippen molar-refractivity contribution in [2.24, 2.45) is 5.41 Å². The molecule has 4 aliphatic rings. The molecule has 4 aromatic rings. The number of rotatable bonds is 12. The molecule has 4 aromatic carbocycles. The fourth-order valence-corrected chi connectivity index (χ4v) is 11.1. The number of carbonyl (C=O) groups is 5. The minimum atomic E-state index is -1.77. The van der Waals surface area contributed by atoms with Crippen LogP contribution in [0.15, 0.2) is 72.8 Å². The third-order valence-electron chi connectivity index (χ3n) is 14.4. The van der Waals surface area contributed by atoms with Crippen molar-refractivity contribution < 1.29 is 32.8 Å². The summed E-state index contributed by atoms with van der Waals surface area (Å²) in [6.45, 7) is 6.76. The summed E-state index contributed by atoms with van der Waals surface area (Å²) in [5, 5.41) is 23.2. The lowest BCUT2D eigenvalue weighted by Gasteiger charge is -2.50. The fraction of sp³-hybridized carbons (Fsp3) is 0.412. The molecule has 5 amide bonds. The van der Waals surface area contributed by atoms with Crippen LogP contribution >= 0.6 is 23.2 Å². The van der Waals surface area contributed by atoms with Crippen LogP contribution in [0.5, 0.6) is 0 Å². The first kappa shape index (κ1) is 46.8. The highest BCUT2D eigenvalue weighted by molar-refractivity contribution is 6.31. The molecule has 1 unspecified atom stereocenters. The summed E-state index contributed by atoms with van der Waals surface area (Å²) in [5.41, 5.74) is 0.938. The molecule has 0 aromatic heterocycles. The van der Waals surface area contributed by atoms with E-state index in [0.29, 0.717) is 74.0 Å². The maximum absolute atomic E-state index is 16.3. The van der Waals surface area contributed by atoms with E-state index in [2.05, 4.69) is 41.2 Å². The smallest absolute Gasteiger partial charge is 0.255 e. The molecule has 1 saturated carbocycles. The standard InChI is InChI=1S/C51H52Cl2F2N6O5/c1-29-25-31(45(63)57-24-6-4-5-9-30-10-7-11-33-35(30)27-61(48(33)66)40-18-19-41(62)59-46(40)64)14-17-39(29)58-47(65)44-42(34-12-8-13-37(53)43(34)55)51(28-56,36-16-15-32(52)26-38(36)54)50(60-44)22-20-49(2,3)21-23-50/h7-8,10-17,25-26,40,42,44,60H,4-6,9,18-24,27H2,1-3H3,(H,57,63)(H,58,65)(H,59,62,64)/t40?,42-,44+,51+/m0/s1. The first-order valence-corrected chi connectivity index (χ1v) is 23.3. The number of piperidine rings is 1. The molecular weight excluding hydrogens is 885 g/mol. The van der Waals surface area contributed by atoms with Crippen molar-refractivity contribution in [1.29, 1.82) is 5.26 Å². The largest absolute Gasteiger partial charge is 0.352 e. The molecule has 3 heterocycles. The molecule has 15 heteroatoms. The molecule has 344 valence electrons. The van der Waals surface area contributed by atoms with Crippen molar-refractivity contribution >= 4 is 58.4 Å². The lowest BCUT2D eigenvalue weighted by atomic mass is 9.53. The SMILES string of the molecule is Cc1cc(C(=O)NCCCCCc2cccc3c2CN(C2CCC(=O)NC2=O)C3=O)ccc1NC(=O)[C@@H]1NC2(CCC(C)(C)CC2)[C@](C#N)(c2ccc(Cl)cc2F)[C@H]1c1cccc(Cl)c1F. The van der Waals surface area contributed by atoms with Gasteiger partial charge in [0.2, 0.25) is 17.7 Å². The topological polar surface area (TPSA) is 160 Å². The predicted molar refractivity (Wildman–Crippen MR) is 247 cm³/mol. The van der Waals surface area contributed by atoms with Crippen LogP contribution in [-0.4, -0.2) is 58.6 Å². The summed E-state index contributed by atoms with van der Waals surface area (Å²) in [6.07, 6.45) is 5.69. The zero-order valence-electron chi connectivity index (χ0n) is 37.1. The molecule has 8 rings (SSSR count). The number of unbranched alkanes of at least 4 members (excludes halogenated alkanes) is 2. The van der Waals surface area contributed by atoms with Gasteiger partial charge in [0.25, 0.3) is 11.8 Å². The minimum absolute atomic E-state index is 0.00920. The van der Waals surface area contributed by atoms with Gasteiger partial charge < -0.3 is 15.5 Å². The Labute approximate surface area is 393 Å². The minimum Gasteiger partial charge on any atom is -0.352 e. The van der Waals surface area contributed by atoms with Gasteiger partial charge in [-0.15, -0.1) is 0 Å². The normalized spacial score (nSPS) is 23.0. The molecule has 1 aliphatic carbocycles. The van der Waals surface area contributed by atoms with Crippen LogP contribution in [0.1, 0.15) is 126 Å². The number of nitrogens with one attached hydrogen (secondary N) is 4. The summed E-state index contributed by atoms with van der Waals surface area (Å²) in [6, 6.07) is 19.7. The second-order valence-electron chi connectivity index (χ2n) is 19.0. The van der Waals surface area contributed by atoms with Crippen LogP contribution in [-0.2, 0) is 32.8 Å². The summed E-state index contributed by atoms with van der Waals surface area (Å²) < 4.78 is 32.6. The van der Waals surface area contributed by atoms with Gasteiger partial charge in [-0.1, -0.05) is 73.8 Å². The van der Waals surface area contributed by atoms with E-state index in [-0.39, 0.29) is 50.7 Å². The van der Waals surface area contributed by atoms with E-state index in [9.17, 15) is 29.2 Å². The lowest BCUT2D eigenvalue weighted by molar-refractivity contribution is -0.137. The average Bonchev–Trinajstić information content (AvgIpc) is 3.77. The van der Waals surface area contributed by atoms with Gasteiger partial charge in [0, 0.05) is 58.4 Å². The van der Waals surface area contributed by atoms with Crippen LogP contribution in [0.4, 0.5) is 14.5 Å². The molecule has 4 atom stereocenters. The summed E-state index contributed by atoms with van der Waals surface area (Å²) in [4.78, 5) is 67.0. The molecule has 3 aliphatic heterocycles. The van der Waals surface area contributed by atoms with E-state index in [1.165, 1.54) is 24.3 Å². The van der Waals surface area contributed by atoms with Crippen molar-refractivity contribution in [2.75, 3.05) is 11.9 Å². The van der Waals surface area contributed by atoms with E-state index in [1.54, 1.807) is 42.2 Å². The number of imide groups is 1. The summed E-state index contributed by atoms with van der Waals surface area (Å²) in [5.74, 6) is -4.57. The van der Waals surface area contributed by atoms with Crippen LogP contribution in [0.2, 0.25) is 10.0 Å². The highest BCUT2D eigenvalue weighted by Crippen LogP contribution is 2.61. The van der Waals surface area contributed by atoms with Gasteiger partial charge in [0.05, 0.1) is 17.1 Å². The number of fused-ring (bicyclic) bond motifs is 1. The average molecular weight is 938 g/mol. The van der Waals surface area contributed by atoms with E-state index < -0.39 is 52.4 Å². The van der Waals surface area contributed by atoms with Crippen molar-refractivity contribution in [3.8, 4) is 6.07 Å². The third kappa shape index (κ3) is 8.59. The molecule has 3 fully saturated rings. The number of hydrogen-bond donors (Lipinski definition) is 4. The summed E-state index contributed by atoms with van der Waals surface area (Å²) >= 11 is 12.6. The van der Waals surface area contributed by atoms with Gasteiger partial charge in [0.1, 0.15) is 23.1 Å². The monoisotopic (exact) mass is 936 g/mol. The van der Waals surface area contributed by atoms with Crippen molar-refractivity contribution in [3.05, 3.63) is 133 Å². The van der Waals surface area contributed by atoms with Gasteiger partial charge in [-0.2, -0.15) is 5.26 Å². The molecule has 0 radical (unpaired) electrons.